The molecular weight excluding hydrogens is 345 g/mol. The van der Waals surface area contributed by atoms with Gasteiger partial charge in [0.2, 0.25) is 0 Å². The first-order chi connectivity index (χ1) is 9.18. The van der Waals surface area contributed by atoms with Crippen molar-refractivity contribution in [3.8, 4) is 0 Å². The number of halogens is 3. The van der Waals surface area contributed by atoms with E-state index >= 15 is 0 Å². The summed E-state index contributed by atoms with van der Waals surface area (Å²) in [4.78, 5) is 11.8. The predicted molar refractivity (Wildman–Crippen MR) is 79.2 cm³/mol. The van der Waals surface area contributed by atoms with Gasteiger partial charge in [0, 0.05) is 16.7 Å². The van der Waals surface area contributed by atoms with Gasteiger partial charge in [-0.2, -0.15) is 0 Å². The van der Waals surface area contributed by atoms with E-state index in [-0.39, 0.29) is 26.5 Å². The van der Waals surface area contributed by atoms with Gasteiger partial charge in [-0.3, -0.25) is 4.79 Å². The van der Waals surface area contributed by atoms with Gasteiger partial charge in [-0.1, -0.05) is 30.1 Å². The lowest BCUT2D eigenvalue weighted by molar-refractivity contribution is 0.0896. The molecule has 1 aromatic rings. The zero-order valence-corrected chi connectivity index (χ0v) is 13.6. The maximum atomic E-state index is 12.1. The van der Waals surface area contributed by atoms with E-state index in [0.717, 1.165) is 18.9 Å². The lowest BCUT2D eigenvalue weighted by atomic mass is 9.82. The summed E-state index contributed by atoms with van der Waals surface area (Å²) in [5.41, 5.74) is 0.0508. The average molecular weight is 357 g/mol. The smallest absolute Gasteiger partial charge is 0.262 e. The van der Waals surface area contributed by atoms with E-state index in [9.17, 15) is 13.2 Å². The topological polar surface area (TPSA) is 63.2 Å². The maximum absolute atomic E-state index is 12.1. The van der Waals surface area contributed by atoms with Crippen LogP contribution in [0.4, 0.5) is 0 Å². The molecule has 1 aromatic carbocycles. The van der Waals surface area contributed by atoms with E-state index in [1.165, 1.54) is 6.07 Å². The lowest BCUT2D eigenvalue weighted by Gasteiger charge is -2.33. The van der Waals surface area contributed by atoms with Gasteiger partial charge in [0.25, 0.3) is 15.0 Å². The third kappa shape index (κ3) is 3.39. The standard InChI is InChI=1S/C12H12Cl3NO3S/c1-6-2-7(3-6)16-12(17)8-4-11(20(15,18)19)10(14)5-9(8)13/h4-7H,2-3H2,1H3,(H,16,17). The number of rotatable bonds is 3. The minimum absolute atomic E-state index is 0.0508. The molecule has 0 aliphatic heterocycles. The zero-order chi connectivity index (χ0) is 15.1. The van der Waals surface area contributed by atoms with E-state index < -0.39 is 15.0 Å². The Bertz CT molecular complexity index is 654. The van der Waals surface area contributed by atoms with Crippen LogP contribution in [0.5, 0.6) is 0 Å². The van der Waals surface area contributed by atoms with Gasteiger partial charge in [0.1, 0.15) is 4.90 Å². The number of hydrogen-bond donors (Lipinski definition) is 1. The van der Waals surface area contributed by atoms with Crippen LogP contribution in [0.1, 0.15) is 30.1 Å². The minimum Gasteiger partial charge on any atom is -0.349 e. The van der Waals surface area contributed by atoms with Crippen LogP contribution in [0.2, 0.25) is 10.0 Å². The Kier molecular flexibility index (Phi) is 4.54. The fourth-order valence-corrected chi connectivity index (χ4v) is 4.00. The van der Waals surface area contributed by atoms with Crippen LogP contribution >= 0.6 is 33.9 Å². The molecule has 1 saturated carbocycles. The van der Waals surface area contributed by atoms with Crippen LogP contribution < -0.4 is 5.32 Å². The van der Waals surface area contributed by atoms with Crippen LogP contribution in [-0.2, 0) is 9.05 Å². The van der Waals surface area contributed by atoms with E-state index in [1.54, 1.807) is 0 Å². The van der Waals surface area contributed by atoms with Crippen molar-refractivity contribution in [1.29, 1.82) is 0 Å². The maximum Gasteiger partial charge on any atom is 0.262 e. The fourth-order valence-electron chi connectivity index (χ4n) is 2.17. The quantitative estimate of drug-likeness (QED) is 0.844. The Hall–Kier alpha value is -0.490. The molecular formula is C12H12Cl3NO3S. The summed E-state index contributed by atoms with van der Waals surface area (Å²) in [6, 6.07) is 2.40. The number of carbonyl (C=O) groups is 1. The zero-order valence-electron chi connectivity index (χ0n) is 10.5. The summed E-state index contributed by atoms with van der Waals surface area (Å²) in [5, 5.41) is 2.77. The van der Waals surface area contributed by atoms with Gasteiger partial charge in [-0.15, -0.1) is 0 Å². The van der Waals surface area contributed by atoms with Gasteiger partial charge in [-0.05, 0) is 30.9 Å². The van der Waals surface area contributed by atoms with Gasteiger partial charge in [0.05, 0.1) is 15.6 Å². The average Bonchev–Trinajstić information content (AvgIpc) is 2.24. The van der Waals surface area contributed by atoms with Crippen molar-refractivity contribution in [2.75, 3.05) is 0 Å². The first-order valence-electron chi connectivity index (χ1n) is 5.93. The van der Waals surface area contributed by atoms with Crippen molar-refractivity contribution >= 4 is 48.8 Å². The highest BCUT2D eigenvalue weighted by Gasteiger charge is 2.28. The summed E-state index contributed by atoms with van der Waals surface area (Å²) >= 11 is 11.7. The van der Waals surface area contributed by atoms with Crippen molar-refractivity contribution in [3.63, 3.8) is 0 Å². The Balaban J connectivity index is 2.29. The molecule has 20 heavy (non-hydrogen) atoms. The van der Waals surface area contributed by atoms with Crippen LogP contribution in [0.3, 0.4) is 0 Å². The summed E-state index contributed by atoms with van der Waals surface area (Å²) in [5.74, 6) is 0.157. The minimum atomic E-state index is -4.03. The third-order valence-corrected chi connectivity index (χ3v) is 5.34. The van der Waals surface area contributed by atoms with E-state index in [0.29, 0.717) is 5.92 Å². The third-order valence-electron chi connectivity index (χ3n) is 3.24. The number of nitrogens with one attached hydrogen (secondary N) is 1. The molecule has 0 saturated heterocycles. The van der Waals surface area contributed by atoms with Crippen LogP contribution in [-0.4, -0.2) is 20.4 Å². The van der Waals surface area contributed by atoms with Gasteiger partial charge >= 0.3 is 0 Å². The van der Waals surface area contributed by atoms with Crippen LogP contribution in [0.15, 0.2) is 17.0 Å². The Morgan fingerprint density at radius 2 is 1.85 bits per heavy atom. The molecule has 0 bridgehead atoms. The second kappa shape index (κ2) is 5.72. The molecule has 8 heteroatoms. The van der Waals surface area contributed by atoms with Crippen LogP contribution in [0, 0.1) is 5.92 Å². The molecule has 110 valence electrons. The molecule has 0 heterocycles. The number of hydrogen-bond acceptors (Lipinski definition) is 3. The Morgan fingerprint density at radius 1 is 1.25 bits per heavy atom. The summed E-state index contributed by atoms with van der Waals surface area (Å²) in [6.07, 6.45) is 1.80. The van der Waals surface area contributed by atoms with E-state index in [4.69, 9.17) is 33.9 Å². The molecule has 0 aromatic heterocycles. The molecule has 1 aliphatic rings. The molecule has 1 N–H and O–H groups in total. The normalized spacial score (nSPS) is 22.2. The molecule has 0 spiro atoms. The molecule has 0 atom stereocenters. The number of carbonyl (C=O) groups excluding carboxylic acids is 1. The lowest BCUT2D eigenvalue weighted by Crippen LogP contribution is -2.43. The van der Waals surface area contributed by atoms with Crippen LogP contribution in [0.25, 0.3) is 0 Å². The number of amides is 1. The first kappa shape index (κ1) is 15.9. The van der Waals surface area contributed by atoms with Gasteiger partial charge < -0.3 is 5.32 Å². The fraction of sp³-hybridized carbons (Fsp3) is 0.417. The molecule has 1 amide bonds. The van der Waals surface area contributed by atoms with Crippen molar-refractivity contribution in [2.24, 2.45) is 5.92 Å². The highest BCUT2D eigenvalue weighted by Crippen LogP contribution is 2.31. The van der Waals surface area contributed by atoms with Crippen molar-refractivity contribution in [2.45, 2.75) is 30.7 Å². The van der Waals surface area contributed by atoms with E-state index in [2.05, 4.69) is 12.2 Å². The summed E-state index contributed by atoms with van der Waals surface area (Å²) < 4.78 is 22.8. The number of benzene rings is 1. The Labute approximate surface area is 131 Å². The highest BCUT2D eigenvalue weighted by molar-refractivity contribution is 8.13. The molecule has 0 unspecified atom stereocenters. The van der Waals surface area contributed by atoms with Gasteiger partial charge in [0.15, 0.2) is 0 Å². The molecule has 4 nitrogen and oxygen atoms in total. The molecule has 1 aliphatic carbocycles. The SMILES string of the molecule is CC1CC(NC(=O)c2cc(S(=O)(=O)Cl)c(Cl)cc2Cl)C1. The molecule has 1 fully saturated rings. The predicted octanol–water partition coefficient (Wildman–Crippen LogP) is 3.45. The van der Waals surface area contributed by atoms with Crippen molar-refractivity contribution in [1.82, 2.24) is 5.32 Å². The second-order valence-electron chi connectivity index (χ2n) is 4.95. The van der Waals surface area contributed by atoms with E-state index in [1.807, 2.05) is 0 Å². The molecule has 2 rings (SSSR count). The van der Waals surface area contributed by atoms with Crippen molar-refractivity contribution in [3.05, 3.63) is 27.7 Å². The second-order valence-corrected chi connectivity index (χ2v) is 8.30. The molecule has 0 radical (unpaired) electrons. The largest absolute Gasteiger partial charge is 0.349 e. The van der Waals surface area contributed by atoms with Gasteiger partial charge in [-0.25, -0.2) is 8.42 Å². The Morgan fingerprint density at radius 3 is 2.35 bits per heavy atom. The highest BCUT2D eigenvalue weighted by atomic mass is 35.7. The first-order valence-corrected chi connectivity index (χ1v) is 8.99. The van der Waals surface area contributed by atoms with Crippen molar-refractivity contribution < 1.29 is 13.2 Å². The summed E-state index contributed by atoms with van der Waals surface area (Å²) in [6.45, 7) is 2.09. The summed E-state index contributed by atoms with van der Waals surface area (Å²) in [7, 11) is 1.24. The monoisotopic (exact) mass is 355 g/mol.